The molecule has 0 aromatic carbocycles. The van der Waals surface area contributed by atoms with Crippen molar-refractivity contribution >= 4 is 29.5 Å². The number of thioether (sulfide) groups is 1. The van der Waals surface area contributed by atoms with Crippen LogP contribution in [0.25, 0.3) is 0 Å². The largest absolute Gasteiger partial charge is 0.471 e. The van der Waals surface area contributed by atoms with E-state index >= 15 is 0 Å². The fourth-order valence-corrected chi connectivity index (χ4v) is 4.73. The standard InChI is InChI=1S/C21H33F3N4O3S/c1-19(2,3)15(27-18(31)21(22,23)24)17(30)28-10-11-14(20(11,4)5)13(28)9-26-12(16(25)29)7-8-32-6/h10,12-15,26H,7-9H2,1-6H3,(H2,25,29)(H,27,31)/t12-,13?,14-,15+/m0/s1. The Bertz CT molecular complexity index is 792. The van der Waals surface area contributed by atoms with E-state index in [1.54, 1.807) is 38.7 Å². The van der Waals surface area contributed by atoms with Gasteiger partial charge in [0, 0.05) is 18.7 Å². The second-order valence-corrected chi connectivity index (χ2v) is 11.0. The van der Waals surface area contributed by atoms with E-state index in [4.69, 9.17) is 5.73 Å². The summed E-state index contributed by atoms with van der Waals surface area (Å²) in [6.45, 7) is 9.11. The number of fused-ring (bicyclic) bond motifs is 1. The van der Waals surface area contributed by atoms with Crippen LogP contribution < -0.4 is 16.4 Å². The van der Waals surface area contributed by atoms with Gasteiger partial charge in [-0.3, -0.25) is 14.4 Å². The normalized spacial score (nSPS) is 23.8. The summed E-state index contributed by atoms with van der Waals surface area (Å²) in [5.74, 6) is -2.52. The first-order valence-corrected chi connectivity index (χ1v) is 11.9. The molecule has 0 aromatic rings. The predicted molar refractivity (Wildman–Crippen MR) is 117 cm³/mol. The second-order valence-electron chi connectivity index (χ2n) is 10.0. The highest BCUT2D eigenvalue weighted by Crippen LogP contribution is 2.63. The molecular weight excluding hydrogens is 445 g/mol. The summed E-state index contributed by atoms with van der Waals surface area (Å²) in [5, 5.41) is 5.01. The molecule has 1 aliphatic heterocycles. The van der Waals surface area contributed by atoms with Crippen LogP contribution in [0, 0.1) is 16.7 Å². The number of nitrogens with one attached hydrogen (secondary N) is 2. The topological polar surface area (TPSA) is 105 Å². The number of alkyl halides is 3. The fourth-order valence-electron chi connectivity index (χ4n) is 4.25. The molecule has 0 bridgehead atoms. The van der Waals surface area contributed by atoms with Crippen molar-refractivity contribution in [3.8, 4) is 0 Å². The minimum atomic E-state index is -5.09. The number of amides is 3. The summed E-state index contributed by atoms with van der Waals surface area (Å²) in [5.41, 5.74) is 5.42. The van der Waals surface area contributed by atoms with Crippen molar-refractivity contribution in [3.05, 3.63) is 11.8 Å². The molecular formula is C21H33F3N4O3S. The maximum absolute atomic E-state index is 13.4. The molecule has 1 saturated carbocycles. The number of hydrogen-bond donors (Lipinski definition) is 3. The van der Waals surface area contributed by atoms with Crippen LogP contribution >= 0.6 is 11.8 Å². The van der Waals surface area contributed by atoms with E-state index in [-0.39, 0.29) is 17.9 Å². The Balaban J connectivity index is 2.24. The number of carbonyl (C=O) groups is 3. The van der Waals surface area contributed by atoms with E-state index < -0.39 is 47.4 Å². The Morgan fingerprint density at radius 3 is 2.31 bits per heavy atom. The van der Waals surface area contributed by atoms with Crippen LogP contribution in [-0.2, 0) is 14.4 Å². The third kappa shape index (κ3) is 5.59. The van der Waals surface area contributed by atoms with Gasteiger partial charge in [-0.15, -0.1) is 0 Å². The summed E-state index contributed by atoms with van der Waals surface area (Å²) < 4.78 is 38.6. The SMILES string of the molecule is CSCC[C@H](NCC1[C@@H]2C(=CN1C(=O)[C@@H](NC(=O)C(F)(F)F)C(C)(C)C)C2(C)C)C(N)=O. The zero-order valence-electron chi connectivity index (χ0n) is 19.3. The number of carbonyl (C=O) groups excluding carboxylic acids is 3. The van der Waals surface area contributed by atoms with Gasteiger partial charge in [-0.25, -0.2) is 0 Å². The molecule has 0 saturated heterocycles. The minimum Gasteiger partial charge on any atom is -0.368 e. The van der Waals surface area contributed by atoms with Crippen LogP contribution in [0.4, 0.5) is 13.2 Å². The van der Waals surface area contributed by atoms with Crippen molar-refractivity contribution < 1.29 is 27.6 Å². The smallest absolute Gasteiger partial charge is 0.368 e. The molecule has 1 unspecified atom stereocenters. The number of primary amides is 1. The summed E-state index contributed by atoms with van der Waals surface area (Å²) in [7, 11) is 0. The van der Waals surface area contributed by atoms with Gasteiger partial charge in [0.05, 0.1) is 12.1 Å². The number of rotatable bonds is 9. The van der Waals surface area contributed by atoms with Gasteiger partial charge in [0.1, 0.15) is 6.04 Å². The molecule has 0 spiro atoms. The minimum absolute atomic E-state index is 0.0203. The van der Waals surface area contributed by atoms with Crippen molar-refractivity contribution in [1.29, 1.82) is 0 Å². The van der Waals surface area contributed by atoms with Crippen molar-refractivity contribution in [2.75, 3.05) is 18.6 Å². The maximum Gasteiger partial charge on any atom is 0.471 e. The Morgan fingerprint density at radius 1 is 1.25 bits per heavy atom. The molecule has 11 heteroatoms. The first kappa shape index (κ1) is 26.5. The number of hydrogen-bond acceptors (Lipinski definition) is 5. The Labute approximate surface area is 191 Å². The molecule has 2 aliphatic rings. The van der Waals surface area contributed by atoms with Crippen molar-refractivity contribution in [1.82, 2.24) is 15.5 Å². The molecule has 1 heterocycles. The van der Waals surface area contributed by atoms with E-state index in [9.17, 15) is 27.6 Å². The summed E-state index contributed by atoms with van der Waals surface area (Å²) >= 11 is 1.58. The Kier molecular flexibility index (Phi) is 7.66. The molecule has 4 N–H and O–H groups in total. The lowest BCUT2D eigenvalue weighted by atomic mass is 9.85. The number of halogens is 3. The Morgan fingerprint density at radius 2 is 1.84 bits per heavy atom. The summed E-state index contributed by atoms with van der Waals surface area (Å²) in [6.07, 6.45) is -0.971. The molecule has 0 radical (unpaired) electrons. The van der Waals surface area contributed by atoms with Crippen LogP contribution in [0.5, 0.6) is 0 Å². The quantitative estimate of drug-likeness (QED) is 0.470. The average Bonchev–Trinajstić information content (AvgIpc) is 2.98. The third-order valence-electron chi connectivity index (χ3n) is 6.22. The van der Waals surface area contributed by atoms with Gasteiger partial charge in [0.25, 0.3) is 0 Å². The highest BCUT2D eigenvalue weighted by Gasteiger charge is 2.62. The molecule has 0 aromatic heterocycles. The van der Waals surface area contributed by atoms with Gasteiger partial charge in [-0.2, -0.15) is 24.9 Å². The summed E-state index contributed by atoms with van der Waals surface area (Å²) in [4.78, 5) is 38.2. The second kappa shape index (κ2) is 9.24. The van der Waals surface area contributed by atoms with E-state index in [0.29, 0.717) is 6.42 Å². The van der Waals surface area contributed by atoms with Crippen molar-refractivity contribution in [3.63, 3.8) is 0 Å². The van der Waals surface area contributed by atoms with Gasteiger partial charge in [-0.1, -0.05) is 34.6 Å². The number of nitrogens with two attached hydrogens (primary N) is 1. The highest BCUT2D eigenvalue weighted by atomic mass is 32.2. The molecule has 1 aliphatic carbocycles. The summed E-state index contributed by atoms with van der Waals surface area (Å²) in [6, 6.07) is -2.34. The van der Waals surface area contributed by atoms with E-state index in [2.05, 4.69) is 5.32 Å². The van der Waals surface area contributed by atoms with Crippen molar-refractivity contribution in [2.45, 2.75) is 65.3 Å². The van der Waals surface area contributed by atoms with E-state index in [0.717, 1.165) is 11.3 Å². The first-order chi connectivity index (χ1) is 14.5. The van der Waals surface area contributed by atoms with Crippen LogP contribution in [0.15, 0.2) is 11.8 Å². The van der Waals surface area contributed by atoms with E-state index in [1.807, 2.05) is 25.4 Å². The average molecular weight is 479 g/mol. The lowest BCUT2D eigenvalue weighted by Crippen LogP contribution is -2.59. The van der Waals surface area contributed by atoms with Crippen LogP contribution in [0.2, 0.25) is 0 Å². The monoisotopic (exact) mass is 478 g/mol. The zero-order valence-corrected chi connectivity index (χ0v) is 20.1. The zero-order chi connectivity index (χ0) is 24.6. The lowest BCUT2D eigenvalue weighted by molar-refractivity contribution is -0.176. The van der Waals surface area contributed by atoms with Crippen LogP contribution in [0.1, 0.15) is 41.0 Å². The van der Waals surface area contributed by atoms with Crippen LogP contribution in [-0.4, -0.2) is 65.5 Å². The van der Waals surface area contributed by atoms with Gasteiger partial charge in [0.2, 0.25) is 11.8 Å². The maximum atomic E-state index is 13.4. The molecule has 1 fully saturated rings. The highest BCUT2D eigenvalue weighted by molar-refractivity contribution is 7.98. The van der Waals surface area contributed by atoms with Gasteiger partial charge < -0.3 is 21.3 Å². The Hall–Kier alpha value is -1.75. The van der Waals surface area contributed by atoms with Gasteiger partial charge in [-0.05, 0) is 34.8 Å². The lowest BCUT2D eigenvalue weighted by Gasteiger charge is -2.37. The van der Waals surface area contributed by atoms with Gasteiger partial charge >= 0.3 is 12.1 Å². The molecule has 4 atom stereocenters. The fraction of sp³-hybridized carbons (Fsp3) is 0.762. The van der Waals surface area contributed by atoms with Crippen LogP contribution in [0.3, 0.4) is 0 Å². The van der Waals surface area contributed by atoms with Crippen molar-refractivity contribution in [2.24, 2.45) is 22.5 Å². The molecule has 2 rings (SSSR count). The molecule has 182 valence electrons. The molecule has 7 nitrogen and oxygen atoms in total. The van der Waals surface area contributed by atoms with E-state index in [1.165, 1.54) is 4.90 Å². The molecule has 32 heavy (non-hydrogen) atoms. The first-order valence-electron chi connectivity index (χ1n) is 10.5. The number of nitrogens with zero attached hydrogens (tertiary/aromatic N) is 1. The van der Waals surface area contributed by atoms with Gasteiger partial charge in [0.15, 0.2) is 0 Å². The molecule has 3 amide bonds. The third-order valence-corrected chi connectivity index (χ3v) is 6.87. The predicted octanol–water partition coefficient (Wildman–Crippen LogP) is 2.03.